The maximum atomic E-state index is 12.1. The Morgan fingerprint density at radius 1 is 1.23 bits per heavy atom. The van der Waals surface area contributed by atoms with Crippen LogP contribution in [0.3, 0.4) is 0 Å². The molecule has 0 saturated carbocycles. The molecule has 0 unspecified atom stereocenters. The van der Waals surface area contributed by atoms with Crippen LogP contribution in [0.4, 0.5) is 0 Å². The monoisotopic (exact) mass is 304 g/mol. The van der Waals surface area contributed by atoms with Gasteiger partial charge in [0.2, 0.25) is 5.76 Å². The lowest BCUT2D eigenvalue weighted by atomic mass is 10.2. The molecule has 0 radical (unpaired) electrons. The molecule has 0 aliphatic rings. The molecule has 2 aromatic heterocycles. The van der Waals surface area contributed by atoms with Gasteiger partial charge >= 0.3 is 0 Å². The average Bonchev–Trinajstić information content (AvgIpc) is 2.99. The van der Waals surface area contributed by atoms with E-state index in [4.69, 9.17) is 4.42 Å². The molecule has 1 amide bonds. The summed E-state index contributed by atoms with van der Waals surface area (Å²) in [5.74, 6) is 0.717. The molecular weight excluding hydrogens is 280 g/mol. The molecule has 2 rings (SSSR count). The van der Waals surface area contributed by atoms with Crippen molar-refractivity contribution >= 4 is 5.91 Å². The van der Waals surface area contributed by atoms with Crippen molar-refractivity contribution in [3.8, 4) is 0 Å². The molecule has 2 aromatic rings. The zero-order valence-corrected chi connectivity index (χ0v) is 14.0. The Kier molecular flexibility index (Phi) is 5.00. The molecule has 2 heterocycles. The van der Waals surface area contributed by atoms with Crippen molar-refractivity contribution in [2.24, 2.45) is 0 Å². The molecular formula is C16H24N4O2. The summed E-state index contributed by atoms with van der Waals surface area (Å²) in [6.45, 7) is 11.3. The van der Waals surface area contributed by atoms with Crippen LogP contribution in [0.25, 0.3) is 0 Å². The SMILES string of the molecule is CCc1nc(C)c(C(=O)NCCCn2nc(C)c(C)c2C)o1. The molecule has 1 N–H and O–H groups in total. The number of amides is 1. The zero-order chi connectivity index (χ0) is 16.3. The minimum absolute atomic E-state index is 0.200. The largest absolute Gasteiger partial charge is 0.435 e. The third kappa shape index (κ3) is 3.37. The summed E-state index contributed by atoms with van der Waals surface area (Å²) >= 11 is 0. The maximum absolute atomic E-state index is 12.1. The van der Waals surface area contributed by atoms with Gasteiger partial charge in [0.05, 0.1) is 11.4 Å². The van der Waals surface area contributed by atoms with E-state index in [9.17, 15) is 4.79 Å². The number of aromatic nitrogens is 3. The molecule has 22 heavy (non-hydrogen) atoms. The topological polar surface area (TPSA) is 73.0 Å². The lowest BCUT2D eigenvalue weighted by Crippen LogP contribution is -2.25. The molecule has 0 bridgehead atoms. The highest BCUT2D eigenvalue weighted by Gasteiger charge is 2.16. The van der Waals surface area contributed by atoms with E-state index in [1.165, 1.54) is 11.3 Å². The van der Waals surface area contributed by atoms with E-state index >= 15 is 0 Å². The molecule has 0 aromatic carbocycles. The summed E-state index contributed by atoms with van der Waals surface area (Å²) in [4.78, 5) is 16.3. The van der Waals surface area contributed by atoms with Crippen LogP contribution < -0.4 is 5.32 Å². The summed E-state index contributed by atoms with van der Waals surface area (Å²) in [7, 11) is 0. The van der Waals surface area contributed by atoms with Gasteiger partial charge in [0.25, 0.3) is 5.91 Å². The number of aryl methyl sites for hydroxylation is 4. The van der Waals surface area contributed by atoms with E-state index < -0.39 is 0 Å². The first kappa shape index (κ1) is 16.3. The van der Waals surface area contributed by atoms with Gasteiger partial charge in [-0.1, -0.05) is 6.92 Å². The van der Waals surface area contributed by atoms with Crippen molar-refractivity contribution in [1.82, 2.24) is 20.1 Å². The standard InChI is InChI=1S/C16H24N4O2/c1-6-14-18-12(4)15(22-14)16(21)17-8-7-9-20-13(5)10(2)11(3)19-20/h6-9H2,1-5H3,(H,17,21). The van der Waals surface area contributed by atoms with Crippen molar-refractivity contribution in [3.63, 3.8) is 0 Å². The van der Waals surface area contributed by atoms with Crippen molar-refractivity contribution in [2.45, 2.75) is 54.0 Å². The number of nitrogens with one attached hydrogen (secondary N) is 1. The van der Waals surface area contributed by atoms with Crippen LogP contribution in [0.1, 0.15) is 52.4 Å². The average molecular weight is 304 g/mol. The quantitative estimate of drug-likeness (QED) is 0.832. The van der Waals surface area contributed by atoms with Crippen LogP contribution in [0, 0.1) is 27.7 Å². The first-order valence-corrected chi connectivity index (χ1v) is 7.69. The Morgan fingerprint density at radius 2 is 1.95 bits per heavy atom. The first-order chi connectivity index (χ1) is 10.4. The van der Waals surface area contributed by atoms with Crippen molar-refractivity contribution in [2.75, 3.05) is 6.54 Å². The van der Waals surface area contributed by atoms with Crippen molar-refractivity contribution in [3.05, 3.63) is 34.3 Å². The Balaban J connectivity index is 1.84. The highest BCUT2D eigenvalue weighted by atomic mass is 16.4. The first-order valence-electron chi connectivity index (χ1n) is 7.69. The molecule has 0 saturated heterocycles. The van der Waals surface area contributed by atoms with Crippen LogP contribution in [-0.4, -0.2) is 27.2 Å². The summed E-state index contributed by atoms with van der Waals surface area (Å²) in [6, 6.07) is 0. The smallest absolute Gasteiger partial charge is 0.289 e. The van der Waals surface area contributed by atoms with Gasteiger partial charge in [0, 0.05) is 25.2 Å². The van der Waals surface area contributed by atoms with E-state index in [0.29, 0.717) is 30.3 Å². The predicted molar refractivity (Wildman–Crippen MR) is 84.0 cm³/mol. The van der Waals surface area contributed by atoms with Crippen LogP contribution in [0.2, 0.25) is 0 Å². The van der Waals surface area contributed by atoms with Crippen LogP contribution in [0.15, 0.2) is 4.42 Å². The van der Waals surface area contributed by atoms with Gasteiger partial charge in [0.1, 0.15) is 0 Å². The van der Waals surface area contributed by atoms with E-state index in [-0.39, 0.29) is 5.91 Å². The van der Waals surface area contributed by atoms with Gasteiger partial charge < -0.3 is 9.73 Å². The summed E-state index contributed by atoms with van der Waals surface area (Å²) in [6.07, 6.45) is 1.51. The number of hydrogen-bond donors (Lipinski definition) is 1. The number of carbonyl (C=O) groups excluding carboxylic acids is 1. The lowest BCUT2D eigenvalue weighted by Gasteiger charge is -2.06. The molecule has 6 nitrogen and oxygen atoms in total. The zero-order valence-electron chi connectivity index (χ0n) is 14.0. The fourth-order valence-corrected chi connectivity index (χ4v) is 2.33. The highest BCUT2D eigenvalue weighted by Crippen LogP contribution is 2.12. The van der Waals surface area contributed by atoms with E-state index in [1.54, 1.807) is 6.92 Å². The fraction of sp³-hybridized carbons (Fsp3) is 0.562. The van der Waals surface area contributed by atoms with Gasteiger partial charge in [-0.3, -0.25) is 9.48 Å². The maximum Gasteiger partial charge on any atom is 0.289 e. The minimum Gasteiger partial charge on any atom is -0.435 e. The molecule has 0 fully saturated rings. The van der Waals surface area contributed by atoms with E-state index in [0.717, 1.165) is 18.7 Å². The summed E-state index contributed by atoms with van der Waals surface area (Å²) in [5.41, 5.74) is 4.12. The van der Waals surface area contributed by atoms with Crippen LogP contribution >= 0.6 is 0 Å². The molecule has 0 spiro atoms. The van der Waals surface area contributed by atoms with Gasteiger partial charge in [-0.05, 0) is 39.7 Å². The number of rotatable bonds is 6. The van der Waals surface area contributed by atoms with E-state index in [1.807, 2.05) is 18.5 Å². The number of oxazole rings is 1. The molecule has 0 aliphatic heterocycles. The van der Waals surface area contributed by atoms with Gasteiger partial charge in [-0.25, -0.2) is 4.98 Å². The van der Waals surface area contributed by atoms with Gasteiger partial charge in [-0.2, -0.15) is 5.10 Å². The Labute approximate surface area is 130 Å². The number of nitrogens with zero attached hydrogens (tertiary/aromatic N) is 3. The van der Waals surface area contributed by atoms with Crippen LogP contribution in [-0.2, 0) is 13.0 Å². The second kappa shape index (κ2) is 6.77. The highest BCUT2D eigenvalue weighted by molar-refractivity contribution is 5.92. The molecule has 6 heteroatoms. The normalized spacial score (nSPS) is 11.0. The van der Waals surface area contributed by atoms with Crippen molar-refractivity contribution < 1.29 is 9.21 Å². The third-order valence-electron chi connectivity index (χ3n) is 3.93. The third-order valence-corrected chi connectivity index (χ3v) is 3.93. The number of carbonyl (C=O) groups is 1. The fourth-order valence-electron chi connectivity index (χ4n) is 2.33. The Hall–Kier alpha value is -2.11. The predicted octanol–water partition coefficient (Wildman–Crippen LogP) is 2.49. The summed E-state index contributed by atoms with van der Waals surface area (Å²) < 4.78 is 7.43. The second-order valence-electron chi connectivity index (χ2n) is 5.50. The molecule has 0 atom stereocenters. The molecule has 0 aliphatic carbocycles. The Morgan fingerprint density at radius 3 is 2.50 bits per heavy atom. The van der Waals surface area contributed by atoms with Gasteiger partial charge in [-0.15, -0.1) is 0 Å². The minimum atomic E-state index is -0.200. The molecule has 120 valence electrons. The van der Waals surface area contributed by atoms with Gasteiger partial charge in [0.15, 0.2) is 5.89 Å². The van der Waals surface area contributed by atoms with E-state index in [2.05, 4.69) is 29.2 Å². The van der Waals surface area contributed by atoms with Crippen molar-refractivity contribution in [1.29, 1.82) is 0 Å². The van der Waals surface area contributed by atoms with Crippen LogP contribution in [0.5, 0.6) is 0 Å². The lowest BCUT2D eigenvalue weighted by molar-refractivity contribution is 0.0922. The second-order valence-corrected chi connectivity index (χ2v) is 5.50. The number of hydrogen-bond acceptors (Lipinski definition) is 4. The Bertz CT molecular complexity index is 670. The summed E-state index contributed by atoms with van der Waals surface area (Å²) in [5, 5.41) is 7.36.